The first-order valence-electron chi connectivity index (χ1n) is 8.28. The number of aliphatic imine (C=N–C) groups is 1. The van der Waals surface area contributed by atoms with Crippen molar-refractivity contribution in [1.29, 1.82) is 0 Å². The molecule has 2 aromatic carbocycles. The van der Waals surface area contributed by atoms with Gasteiger partial charge in [0.05, 0.1) is 26.4 Å². The lowest BCUT2D eigenvalue weighted by Gasteiger charge is -2.15. The lowest BCUT2D eigenvalue weighted by molar-refractivity contribution is -0.122. The number of halogens is 2. The summed E-state index contributed by atoms with van der Waals surface area (Å²) in [7, 11) is 1.99. The van der Waals surface area contributed by atoms with Crippen molar-refractivity contribution >= 4 is 69.2 Å². The van der Waals surface area contributed by atoms with Crippen molar-refractivity contribution in [2.75, 3.05) is 18.5 Å². The van der Waals surface area contributed by atoms with E-state index in [2.05, 4.69) is 22.0 Å². The first-order chi connectivity index (χ1) is 13.0. The number of likely N-dealkylation sites (N-methyl/N-ethyl adjacent to an activating group) is 1. The number of benzene rings is 2. The Hall–Kier alpha value is -1.60. The highest BCUT2D eigenvalue weighted by Crippen LogP contribution is 2.49. The lowest BCUT2D eigenvalue weighted by Crippen LogP contribution is -2.29. The fraction of sp³-hybridized carbons (Fsp3) is 0.158. The molecular formula is C19H15Cl2N3OS2. The zero-order valence-electron chi connectivity index (χ0n) is 14.6. The van der Waals surface area contributed by atoms with Crippen LogP contribution in [0.3, 0.4) is 0 Å². The molecule has 2 aromatic rings. The highest BCUT2D eigenvalue weighted by Gasteiger charge is 2.38. The largest absolute Gasteiger partial charge is 0.337 e. The van der Waals surface area contributed by atoms with E-state index in [0.29, 0.717) is 32.4 Å². The number of carbonyl (C=O) groups is 1. The number of amides is 1. The molecule has 0 spiro atoms. The summed E-state index contributed by atoms with van der Waals surface area (Å²) >= 11 is 15.1. The van der Waals surface area contributed by atoms with Gasteiger partial charge in [0, 0.05) is 18.5 Å². The topological polar surface area (TPSA) is 35.9 Å². The number of nitrogens with zero attached hydrogens (tertiary/aromatic N) is 3. The first kappa shape index (κ1) is 18.7. The van der Waals surface area contributed by atoms with E-state index in [0.717, 1.165) is 15.6 Å². The maximum atomic E-state index is 13.0. The Balaban J connectivity index is 1.72. The SMILES string of the molecule is CCN1C(=O)/C(=C2/Sc3ccccc3N2C)SC1=Nc1ccc(Cl)c(Cl)c1. The number of hydrogen-bond donors (Lipinski definition) is 0. The van der Waals surface area contributed by atoms with Crippen molar-refractivity contribution in [1.82, 2.24) is 4.90 Å². The van der Waals surface area contributed by atoms with Gasteiger partial charge in [0.1, 0.15) is 4.91 Å². The molecule has 4 rings (SSSR count). The van der Waals surface area contributed by atoms with Crippen molar-refractivity contribution in [3.63, 3.8) is 0 Å². The molecule has 4 nitrogen and oxygen atoms in total. The predicted molar refractivity (Wildman–Crippen MR) is 116 cm³/mol. The van der Waals surface area contributed by atoms with Gasteiger partial charge in [-0.05, 0) is 49.0 Å². The van der Waals surface area contributed by atoms with Crippen molar-refractivity contribution in [2.24, 2.45) is 4.99 Å². The van der Waals surface area contributed by atoms with Gasteiger partial charge in [-0.25, -0.2) is 4.99 Å². The third-order valence-corrected chi connectivity index (χ3v) is 7.41. The maximum Gasteiger partial charge on any atom is 0.269 e. The van der Waals surface area contributed by atoms with Crippen molar-refractivity contribution in [3.8, 4) is 0 Å². The molecule has 0 saturated carbocycles. The van der Waals surface area contributed by atoms with E-state index in [1.165, 1.54) is 11.8 Å². The van der Waals surface area contributed by atoms with Crippen LogP contribution in [0.1, 0.15) is 6.92 Å². The minimum Gasteiger partial charge on any atom is -0.337 e. The van der Waals surface area contributed by atoms with Gasteiger partial charge in [0.2, 0.25) is 0 Å². The monoisotopic (exact) mass is 435 g/mol. The van der Waals surface area contributed by atoms with E-state index in [9.17, 15) is 4.79 Å². The standard InChI is InChI=1S/C19H15Cl2N3OS2/c1-3-24-17(25)16(18-23(2)14-6-4-5-7-15(14)26-18)27-19(24)22-11-8-9-12(20)13(21)10-11/h4-10H,3H2,1-2H3/b18-16-,22-19?. The molecule has 1 fully saturated rings. The summed E-state index contributed by atoms with van der Waals surface area (Å²) in [5, 5.41) is 2.50. The van der Waals surface area contributed by atoms with Crippen LogP contribution in [0.15, 0.2) is 62.3 Å². The Morgan fingerprint density at radius 1 is 1.07 bits per heavy atom. The molecule has 0 unspecified atom stereocenters. The quantitative estimate of drug-likeness (QED) is 0.542. The number of fused-ring (bicyclic) bond motifs is 1. The van der Waals surface area contributed by atoms with Crippen molar-refractivity contribution < 1.29 is 4.79 Å². The second-order valence-corrected chi connectivity index (χ2v) is 8.73. The van der Waals surface area contributed by atoms with Crippen molar-refractivity contribution in [2.45, 2.75) is 11.8 Å². The van der Waals surface area contributed by atoms with Gasteiger partial charge in [0.25, 0.3) is 5.91 Å². The summed E-state index contributed by atoms with van der Waals surface area (Å²) < 4.78 is 0. The molecule has 2 aliphatic rings. The van der Waals surface area contributed by atoms with Crippen LogP contribution < -0.4 is 4.90 Å². The Morgan fingerprint density at radius 3 is 2.56 bits per heavy atom. The molecule has 0 aromatic heterocycles. The Kier molecular flexibility index (Phi) is 5.16. The molecule has 8 heteroatoms. The highest BCUT2D eigenvalue weighted by atomic mass is 35.5. The van der Waals surface area contributed by atoms with Gasteiger partial charge in [0.15, 0.2) is 5.17 Å². The number of amidine groups is 1. The van der Waals surface area contributed by atoms with Gasteiger partial charge in [-0.1, -0.05) is 47.1 Å². The van der Waals surface area contributed by atoms with Crippen LogP contribution in [0.4, 0.5) is 11.4 Å². The summed E-state index contributed by atoms with van der Waals surface area (Å²) in [4.78, 5) is 23.3. The molecule has 0 N–H and O–H groups in total. The predicted octanol–water partition coefficient (Wildman–Crippen LogP) is 5.99. The van der Waals surface area contributed by atoms with Crippen LogP contribution in [0.2, 0.25) is 10.0 Å². The van der Waals surface area contributed by atoms with Crippen molar-refractivity contribution in [3.05, 3.63) is 62.4 Å². The Labute approximate surface area is 176 Å². The van der Waals surface area contributed by atoms with Crippen LogP contribution in [-0.2, 0) is 4.79 Å². The second-order valence-electron chi connectivity index (χ2n) is 5.91. The smallest absolute Gasteiger partial charge is 0.269 e. The summed E-state index contributed by atoms with van der Waals surface area (Å²) in [5.74, 6) is -0.0246. The van der Waals surface area contributed by atoms with Crippen LogP contribution in [0, 0.1) is 0 Å². The van der Waals surface area contributed by atoms with E-state index >= 15 is 0 Å². The molecule has 2 heterocycles. The van der Waals surface area contributed by atoms with Gasteiger partial charge in [-0.3, -0.25) is 9.69 Å². The zero-order valence-corrected chi connectivity index (χ0v) is 17.7. The van der Waals surface area contributed by atoms with E-state index in [1.54, 1.807) is 34.9 Å². The first-order valence-corrected chi connectivity index (χ1v) is 10.7. The second kappa shape index (κ2) is 7.43. The van der Waals surface area contributed by atoms with E-state index in [1.807, 2.05) is 26.1 Å². The maximum absolute atomic E-state index is 13.0. The summed E-state index contributed by atoms with van der Waals surface area (Å²) in [6, 6.07) is 13.3. The molecule has 0 bridgehead atoms. The molecule has 1 saturated heterocycles. The molecule has 27 heavy (non-hydrogen) atoms. The molecule has 0 aliphatic carbocycles. The van der Waals surface area contributed by atoms with Gasteiger partial charge >= 0.3 is 0 Å². The third kappa shape index (κ3) is 3.36. The zero-order chi connectivity index (χ0) is 19.1. The fourth-order valence-corrected chi connectivity index (χ4v) is 5.56. The van der Waals surface area contributed by atoms with Crippen LogP contribution in [-0.4, -0.2) is 29.6 Å². The molecule has 138 valence electrons. The van der Waals surface area contributed by atoms with Gasteiger partial charge in [-0.15, -0.1) is 0 Å². The molecule has 0 radical (unpaired) electrons. The Bertz CT molecular complexity index is 1010. The summed E-state index contributed by atoms with van der Waals surface area (Å²) in [6.07, 6.45) is 0. The molecular weight excluding hydrogens is 421 g/mol. The minimum atomic E-state index is -0.0246. The van der Waals surface area contributed by atoms with E-state index < -0.39 is 0 Å². The number of para-hydroxylation sites is 1. The average molecular weight is 436 g/mol. The molecule has 2 aliphatic heterocycles. The average Bonchev–Trinajstić information content (AvgIpc) is 3.15. The van der Waals surface area contributed by atoms with E-state index in [4.69, 9.17) is 23.2 Å². The van der Waals surface area contributed by atoms with Crippen LogP contribution in [0.25, 0.3) is 0 Å². The minimum absolute atomic E-state index is 0.0246. The number of rotatable bonds is 2. The number of carbonyl (C=O) groups excluding carboxylic acids is 1. The van der Waals surface area contributed by atoms with Crippen LogP contribution >= 0.6 is 46.7 Å². The lowest BCUT2D eigenvalue weighted by atomic mass is 10.3. The molecule has 1 amide bonds. The summed E-state index contributed by atoms with van der Waals surface area (Å²) in [6.45, 7) is 2.49. The number of thioether (sulfide) groups is 2. The molecule has 0 atom stereocenters. The number of anilines is 1. The van der Waals surface area contributed by atoms with Crippen LogP contribution in [0.5, 0.6) is 0 Å². The van der Waals surface area contributed by atoms with Gasteiger partial charge < -0.3 is 4.90 Å². The Morgan fingerprint density at radius 2 is 1.85 bits per heavy atom. The van der Waals surface area contributed by atoms with Gasteiger partial charge in [-0.2, -0.15) is 0 Å². The van der Waals surface area contributed by atoms with E-state index in [-0.39, 0.29) is 5.91 Å². The third-order valence-electron chi connectivity index (χ3n) is 4.24. The summed E-state index contributed by atoms with van der Waals surface area (Å²) in [5.41, 5.74) is 1.77. The fourth-order valence-electron chi connectivity index (χ4n) is 2.86. The highest BCUT2D eigenvalue weighted by molar-refractivity contribution is 8.19. The number of hydrogen-bond acceptors (Lipinski definition) is 5. The normalized spacial score (nSPS) is 20.7.